The highest BCUT2D eigenvalue weighted by molar-refractivity contribution is 7.99. The van der Waals surface area contributed by atoms with E-state index in [4.69, 9.17) is 9.63 Å². The Morgan fingerprint density at radius 1 is 1.43 bits per heavy atom. The van der Waals surface area contributed by atoms with Gasteiger partial charge in [0.2, 0.25) is 0 Å². The summed E-state index contributed by atoms with van der Waals surface area (Å²) in [6.45, 7) is 2.48. The fourth-order valence-corrected chi connectivity index (χ4v) is 2.93. The smallest absolute Gasteiger partial charge is 0.313 e. The third-order valence-electron chi connectivity index (χ3n) is 3.06. The van der Waals surface area contributed by atoms with Crippen molar-refractivity contribution in [1.29, 1.82) is 0 Å². The first kappa shape index (κ1) is 13.7. The van der Waals surface area contributed by atoms with Crippen LogP contribution in [0.4, 0.5) is 0 Å². The Labute approximate surface area is 124 Å². The molecule has 3 aromatic rings. The normalized spacial score (nSPS) is 11.1. The second-order valence-corrected chi connectivity index (χ2v) is 5.53. The molecule has 0 fully saturated rings. The van der Waals surface area contributed by atoms with Gasteiger partial charge < -0.3 is 14.2 Å². The zero-order valence-corrected chi connectivity index (χ0v) is 12.1. The maximum atomic E-state index is 10.8. The standard InChI is InChI=1S/C14H13N3O3S/c1-9-3-2-4-11-13(9)17(7-10-5-6-15-20-10)14(16-11)21-8-12(18)19/h2-6H,7-8H2,1H3,(H,18,19). The van der Waals surface area contributed by atoms with Gasteiger partial charge in [-0.25, -0.2) is 4.98 Å². The largest absolute Gasteiger partial charge is 0.481 e. The van der Waals surface area contributed by atoms with Crippen LogP contribution in [-0.4, -0.2) is 31.5 Å². The van der Waals surface area contributed by atoms with Crippen LogP contribution in [0.25, 0.3) is 11.0 Å². The van der Waals surface area contributed by atoms with Gasteiger partial charge in [0.05, 0.1) is 29.5 Å². The first-order chi connectivity index (χ1) is 10.1. The molecule has 3 rings (SSSR count). The van der Waals surface area contributed by atoms with Gasteiger partial charge in [0.25, 0.3) is 0 Å². The molecule has 7 heteroatoms. The van der Waals surface area contributed by atoms with Crippen molar-refractivity contribution in [2.75, 3.05) is 5.75 Å². The summed E-state index contributed by atoms with van der Waals surface area (Å²) in [6, 6.07) is 7.65. The summed E-state index contributed by atoms with van der Waals surface area (Å²) in [5, 5.41) is 13.2. The first-order valence-electron chi connectivity index (χ1n) is 6.35. The molecule has 0 atom stereocenters. The summed E-state index contributed by atoms with van der Waals surface area (Å²) in [6.07, 6.45) is 1.59. The molecule has 0 radical (unpaired) electrons. The second kappa shape index (κ2) is 5.61. The van der Waals surface area contributed by atoms with E-state index in [1.165, 1.54) is 11.8 Å². The van der Waals surface area contributed by atoms with Crippen molar-refractivity contribution in [2.45, 2.75) is 18.6 Å². The lowest BCUT2D eigenvalue weighted by molar-refractivity contribution is -0.133. The van der Waals surface area contributed by atoms with Gasteiger partial charge in [-0.15, -0.1) is 0 Å². The van der Waals surface area contributed by atoms with E-state index >= 15 is 0 Å². The highest BCUT2D eigenvalue weighted by Gasteiger charge is 2.15. The minimum absolute atomic E-state index is 0.0290. The summed E-state index contributed by atoms with van der Waals surface area (Å²) in [7, 11) is 0. The quantitative estimate of drug-likeness (QED) is 0.730. The number of hydrogen-bond acceptors (Lipinski definition) is 5. The van der Waals surface area contributed by atoms with Gasteiger partial charge in [-0.05, 0) is 18.6 Å². The average molecular weight is 303 g/mol. The van der Waals surface area contributed by atoms with E-state index in [1.54, 1.807) is 12.3 Å². The number of para-hydroxylation sites is 1. The van der Waals surface area contributed by atoms with E-state index in [9.17, 15) is 4.79 Å². The van der Waals surface area contributed by atoms with Crippen molar-refractivity contribution in [2.24, 2.45) is 0 Å². The van der Waals surface area contributed by atoms with Crippen LogP contribution in [0.15, 0.2) is 40.1 Å². The van der Waals surface area contributed by atoms with Crippen LogP contribution in [0.5, 0.6) is 0 Å². The Bertz CT molecular complexity index is 780. The van der Waals surface area contributed by atoms with E-state index in [0.29, 0.717) is 17.5 Å². The summed E-state index contributed by atoms with van der Waals surface area (Å²) < 4.78 is 7.12. The number of thioether (sulfide) groups is 1. The fraction of sp³-hybridized carbons (Fsp3) is 0.214. The number of carboxylic acid groups (broad SMARTS) is 1. The first-order valence-corrected chi connectivity index (χ1v) is 7.33. The Hall–Kier alpha value is -2.28. The number of carbonyl (C=O) groups is 1. The molecule has 2 aromatic heterocycles. The highest BCUT2D eigenvalue weighted by Crippen LogP contribution is 2.27. The van der Waals surface area contributed by atoms with E-state index < -0.39 is 5.97 Å². The van der Waals surface area contributed by atoms with Crippen LogP contribution < -0.4 is 0 Å². The number of rotatable bonds is 5. The van der Waals surface area contributed by atoms with Crippen LogP contribution in [0.3, 0.4) is 0 Å². The third-order valence-corrected chi connectivity index (χ3v) is 4.02. The predicted molar refractivity (Wildman–Crippen MR) is 78.4 cm³/mol. The number of imidazole rings is 1. The molecule has 1 N–H and O–H groups in total. The molecule has 0 aliphatic rings. The molecule has 0 bridgehead atoms. The number of benzene rings is 1. The minimum atomic E-state index is -0.866. The van der Waals surface area contributed by atoms with E-state index in [1.807, 2.05) is 29.7 Å². The number of nitrogens with zero attached hydrogens (tertiary/aromatic N) is 3. The Balaban J connectivity index is 2.07. The topological polar surface area (TPSA) is 81.1 Å². The molecule has 21 heavy (non-hydrogen) atoms. The van der Waals surface area contributed by atoms with E-state index in [-0.39, 0.29) is 5.75 Å². The number of fused-ring (bicyclic) bond motifs is 1. The Kier molecular flexibility index (Phi) is 3.66. The van der Waals surface area contributed by atoms with Gasteiger partial charge in [-0.1, -0.05) is 29.1 Å². The zero-order valence-electron chi connectivity index (χ0n) is 11.3. The average Bonchev–Trinajstić information content (AvgIpc) is 3.06. The Morgan fingerprint density at radius 3 is 3.00 bits per heavy atom. The monoisotopic (exact) mass is 303 g/mol. The molecule has 1 aromatic carbocycles. The number of aryl methyl sites for hydroxylation is 1. The SMILES string of the molecule is Cc1cccc2nc(SCC(=O)O)n(Cc3ccno3)c12. The maximum Gasteiger partial charge on any atom is 0.313 e. The summed E-state index contributed by atoms with van der Waals surface area (Å²) in [4.78, 5) is 15.3. The lowest BCUT2D eigenvalue weighted by Crippen LogP contribution is -2.04. The third kappa shape index (κ3) is 2.78. The molecule has 0 unspecified atom stereocenters. The maximum absolute atomic E-state index is 10.8. The van der Waals surface area contributed by atoms with Crippen LogP contribution in [0.1, 0.15) is 11.3 Å². The van der Waals surface area contributed by atoms with Crippen molar-refractivity contribution in [1.82, 2.24) is 14.7 Å². The van der Waals surface area contributed by atoms with Crippen LogP contribution in [0.2, 0.25) is 0 Å². The van der Waals surface area contributed by atoms with Gasteiger partial charge in [0, 0.05) is 6.07 Å². The number of aromatic nitrogens is 3. The van der Waals surface area contributed by atoms with Crippen LogP contribution >= 0.6 is 11.8 Å². The summed E-state index contributed by atoms with van der Waals surface area (Å²) in [5.74, 6) is -0.191. The molecule has 2 heterocycles. The van der Waals surface area contributed by atoms with E-state index in [0.717, 1.165) is 16.6 Å². The molecular weight excluding hydrogens is 290 g/mol. The predicted octanol–water partition coefficient (Wildman–Crippen LogP) is 2.56. The molecule has 0 saturated heterocycles. The Morgan fingerprint density at radius 2 is 2.29 bits per heavy atom. The van der Waals surface area contributed by atoms with Crippen LogP contribution in [0, 0.1) is 6.92 Å². The molecule has 0 amide bonds. The number of aliphatic carboxylic acids is 1. The molecule has 0 spiro atoms. The van der Waals surface area contributed by atoms with Crippen molar-refractivity contribution in [3.05, 3.63) is 41.8 Å². The van der Waals surface area contributed by atoms with Crippen molar-refractivity contribution < 1.29 is 14.4 Å². The van der Waals surface area contributed by atoms with Crippen LogP contribution in [-0.2, 0) is 11.3 Å². The summed E-state index contributed by atoms with van der Waals surface area (Å²) >= 11 is 1.20. The van der Waals surface area contributed by atoms with Gasteiger partial charge in [0.1, 0.15) is 0 Å². The highest BCUT2D eigenvalue weighted by atomic mass is 32.2. The molecule has 0 aliphatic carbocycles. The van der Waals surface area contributed by atoms with Crippen molar-refractivity contribution in [3.63, 3.8) is 0 Å². The summed E-state index contributed by atoms with van der Waals surface area (Å²) in [5.41, 5.74) is 2.92. The fourth-order valence-electron chi connectivity index (χ4n) is 2.21. The molecule has 108 valence electrons. The molecule has 0 saturated carbocycles. The number of carboxylic acids is 1. The molecular formula is C14H13N3O3S. The lowest BCUT2D eigenvalue weighted by Gasteiger charge is -2.07. The van der Waals surface area contributed by atoms with Crippen molar-refractivity contribution >= 4 is 28.8 Å². The second-order valence-electron chi connectivity index (χ2n) is 4.58. The molecule has 0 aliphatic heterocycles. The lowest BCUT2D eigenvalue weighted by atomic mass is 10.2. The van der Waals surface area contributed by atoms with Gasteiger partial charge in [-0.3, -0.25) is 4.79 Å². The van der Waals surface area contributed by atoms with Gasteiger partial charge >= 0.3 is 5.97 Å². The van der Waals surface area contributed by atoms with Crippen molar-refractivity contribution in [3.8, 4) is 0 Å². The molecule has 6 nitrogen and oxygen atoms in total. The number of hydrogen-bond donors (Lipinski definition) is 1. The van der Waals surface area contributed by atoms with Gasteiger partial charge in [-0.2, -0.15) is 0 Å². The van der Waals surface area contributed by atoms with Gasteiger partial charge in [0.15, 0.2) is 10.9 Å². The minimum Gasteiger partial charge on any atom is -0.481 e. The van der Waals surface area contributed by atoms with E-state index in [2.05, 4.69) is 10.1 Å². The zero-order chi connectivity index (χ0) is 14.8.